The normalized spacial score (nSPS) is 16.0. The Labute approximate surface area is 365 Å². The molecule has 3 aliphatic heterocycles. The Morgan fingerprint density at radius 2 is 0.968 bits per heavy atom. The van der Waals surface area contributed by atoms with Gasteiger partial charge >= 0.3 is 12.2 Å². The molecule has 0 atom stereocenters. The van der Waals surface area contributed by atoms with E-state index in [-0.39, 0.29) is 18.8 Å². The molecule has 3 fully saturated rings. The summed E-state index contributed by atoms with van der Waals surface area (Å²) in [6.45, 7) is 16.4. The summed E-state index contributed by atoms with van der Waals surface area (Å²) in [5, 5.41) is 6.90. The summed E-state index contributed by atoms with van der Waals surface area (Å²) in [5.74, 6) is 3.44. The smallest absolute Gasteiger partial charge is 0.410 e. The van der Waals surface area contributed by atoms with Crippen molar-refractivity contribution in [2.75, 3.05) is 122 Å². The fourth-order valence-electron chi connectivity index (χ4n) is 7.39. The van der Waals surface area contributed by atoms with Gasteiger partial charge in [-0.3, -0.25) is 0 Å². The van der Waals surface area contributed by atoms with Crippen molar-refractivity contribution in [2.45, 2.75) is 65.6 Å². The predicted octanol–water partition coefficient (Wildman–Crippen LogP) is 5.16. The second kappa shape index (κ2) is 21.1. The number of ether oxygens (including phenoxy) is 2. The van der Waals surface area contributed by atoms with Gasteiger partial charge in [-0.05, 0) is 44.7 Å². The van der Waals surface area contributed by atoms with Gasteiger partial charge in [-0.15, -0.1) is 0 Å². The second-order valence-electron chi connectivity index (χ2n) is 16.8. The third-order valence-corrected chi connectivity index (χ3v) is 10.9. The van der Waals surface area contributed by atoms with Crippen LogP contribution in [0.15, 0.2) is 60.7 Å². The van der Waals surface area contributed by atoms with E-state index in [1.54, 1.807) is 9.80 Å². The van der Waals surface area contributed by atoms with Crippen LogP contribution >= 0.6 is 0 Å². The number of piperazine rings is 3. The van der Waals surface area contributed by atoms with Crippen molar-refractivity contribution in [2.24, 2.45) is 0 Å². The van der Waals surface area contributed by atoms with Crippen LogP contribution < -0.4 is 30.2 Å². The molecule has 0 unspecified atom stereocenters. The molecule has 18 nitrogen and oxygen atoms in total. The number of carbonyl (C=O) groups is 2. The fraction of sp³-hybridized carbons (Fsp3) is 0.545. The quantitative estimate of drug-likeness (QED) is 0.150. The third kappa shape index (κ3) is 12.4. The van der Waals surface area contributed by atoms with Crippen LogP contribution in [0.25, 0.3) is 0 Å². The largest absolute Gasteiger partial charge is 0.445 e. The molecule has 4 aromatic rings. The molecule has 2 N–H and O–H groups in total. The first-order valence-corrected chi connectivity index (χ1v) is 22.1. The van der Waals surface area contributed by atoms with E-state index in [1.165, 1.54) is 5.56 Å². The highest BCUT2D eigenvalue weighted by atomic mass is 16.6. The van der Waals surface area contributed by atoms with E-state index >= 15 is 0 Å². The minimum atomic E-state index is -0.557. The molecule has 3 saturated heterocycles. The fourth-order valence-corrected chi connectivity index (χ4v) is 7.39. The van der Waals surface area contributed by atoms with Gasteiger partial charge in [-0.1, -0.05) is 80.4 Å². The van der Waals surface area contributed by atoms with Gasteiger partial charge in [0.15, 0.2) is 0 Å². The zero-order chi connectivity index (χ0) is 43.3. The lowest BCUT2D eigenvalue weighted by molar-refractivity contribution is 0.0240. The molecule has 2 aromatic heterocycles. The lowest BCUT2D eigenvalue weighted by Gasteiger charge is -2.37. The van der Waals surface area contributed by atoms with Crippen molar-refractivity contribution >= 4 is 47.9 Å². The van der Waals surface area contributed by atoms with Gasteiger partial charge in [0, 0.05) is 91.6 Å². The van der Waals surface area contributed by atoms with Crippen LogP contribution in [0.1, 0.15) is 58.1 Å². The number of nitrogens with zero attached hydrogens (tertiary/aromatic N) is 12. The lowest BCUT2D eigenvalue weighted by atomic mass is 10.1. The van der Waals surface area contributed by atoms with Gasteiger partial charge in [-0.25, -0.2) is 9.59 Å². The Kier molecular flexibility index (Phi) is 14.9. The van der Waals surface area contributed by atoms with Crippen molar-refractivity contribution in [1.82, 2.24) is 39.7 Å². The molecular weight excluding hydrogens is 789 g/mol. The number of aromatic nitrogens is 6. The van der Waals surface area contributed by atoms with Gasteiger partial charge in [0.1, 0.15) is 12.2 Å². The summed E-state index contributed by atoms with van der Waals surface area (Å²) in [5.41, 5.74) is 1.63. The lowest BCUT2D eigenvalue weighted by Crippen LogP contribution is -2.51. The average molecular weight is 851 g/mol. The zero-order valence-electron chi connectivity index (χ0n) is 36.7. The number of anilines is 6. The van der Waals surface area contributed by atoms with Crippen LogP contribution in [-0.2, 0) is 22.5 Å². The second-order valence-corrected chi connectivity index (χ2v) is 16.8. The molecule has 2 aromatic carbocycles. The Hall–Kier alpha value is -6.20. The first-order chi connectivity index (χ1) is 30.1. The van der Waals surface area contributed by atoms with E-state index in [0.717, 1.165) is 37.8 Å². The standard InChI is InChI=1S/C44H62N14O4/c1-5-6-13-19-45-36-47-38(51-39(48-36)55-25-29-57(30-26-55)42(59)61-33-35-16-11-8-12-17-35)53-21-23-54(24-22-53)40-49-37(46-20-18-34-14-9-7-10-15-34)50-41(52-40)56-27-31-58(32-28-56)43(60)62-44(2,3)4/h7-12,14-17H,5-6,13,18-33H2,1-4H3,(H,45,47,48,51)(H,46,49,50,52). The minimum absolute atomic E-state index is 0.243. The number of amides is 2. The first-order valence-electron chi connectivity index (χ1n) is 22.1. The Morgan fingerprint density at radius 1 is 0.548 bits per heavy atom. The Morgan fingerprint density at radius 3 is 1.42 bits per heavy atom. The molecule has 2 amide bonds. The van der Waals surface area contributed by atoms with E-state index in [1.807, 2.05) is 69.3 Å². The Bertz CT molecular complexity index is 2030. The molecule has 18 heteroatoms. The maximum atomic E-state index is 12.9. The number of hydrogen-bond donors (Lipinski definition) is 2. The van der Waals surface area contributed by atoms with Crippen molar-refractivity contribution < 1.29 is 19.1 Å². The van der Waals surface area contributed by atoms with Crippen molar-refractivity contribution in [1.29, 1.82) is 0 Å². The summed E-state index contributed by atoms with van der Waals surface area (Å²) in [4.78, 5) is 67.3. The van der Waals surface area contributed by atoms with E-state index < -0.39 is 5.60 Å². The number of rotatable bonds is 15. The number of unbranched alkanes of at least 4 members (excludes halogenated alkanes) is 2. The first kappa shape index (κ1) is 43.9. The van der Waals surface area contributed by atoms with Gasteiger partial charge in [0.05, 0.1) is 0 Å². The van der Waals surface area contributed by atoms with Gasteiger partial charge in [0.25, 0.3) is 0 Å². The molecule has 0 spiro atoms. The summed E-state index contributed by atoms with van der Waals surface area (Å²) in [6, 6.07) is 20.0. The molecule has 7 rings (SSSR count). The highest BCUT2D eigenvalue weighted by Crippen LogP contribution is 2.24. The van der Waals surface area contributed by atoms with Crippen LogP contribution in [0.5, 0.6) is 0 Å². The van der Waals surface area contributed by atoms with Crippen molar-refractivity contribution in [3.8, 4) is 0 Å². The minimum Gasteiger partial charge on any atom is -0.445 e. The van der Waals surface area contributed by atoms with Gasteiger partial charge in [0.2, 0.25) is 35.7 Å². The Balaban J connectivity index is 1.02. The van der Waals surface area contributed by atoms with Crippen LogP contribution in [0, 0.1) is 0 Å². The number of carbonyl (C=O) groups excluding carboxylic acids is 2. The molecule has 0 saturated carbocycles. The van der Waals surface area contributed by atoms with Crippen LogP contribution in [0.4, 0.5) is 45.3 Å². The highest BCUT2D eigenvalue weighted by Gasteiger charge is 2.30. The monoisotopic (exact) mass is 851 g/mol. The van der Waals surface area contributed by atoms with E-state index in [0.29, 0.717) is 121 Å². The van der Waals surface area contributed by atoms with Gasteiger partial charge < -0.3 is 49.5 Å². The SMILES string of the molecule is CCCCCNc1nc(N2CCN(C(=O)OCc3ccccc3)CC2)nc(N2CCN(c3nc(NCCc4ccccc4)nc(N4CCN(C(=O)OC(C)(C)C)CC4)n3)CC2)n1. The van der Waals surface area contributed by atoms with Crippen LogP contribution in [0.3, 0.4) is 0 Å². The van der Waals surface area contributed by atoms with Crippen molar-refractivity contribution in [3.05, 3.63) is 71.8 Å². The van der Waals surface area contributed by atoms with Gasteiger partial charge in [-0.2, -0.15) is 29.9 Å². The van der Waals surface area contributed by atoms with Crippen molar-refractivity contribution in [3.63, 3.8) is 0 Å². The molecule has 0 aliphatic carbocycles. The molecule has 5 heterocycles. The number of nitrogens with one attached hydrogen (secondary N) is 2. The van der Waals surface area contributed by atoms with E-state index in [4.69, 9.17) is 39.4 Å². The molecule has 3 aliphatic rings. The molecule has 0 radical (unpaired) electrons. The van der Waals surface area contributed by atoms with E-state index in [2.05, 4.69) is 49.3 Å². The number of hydrogen-bond acceptors (Lipinski definition) is 16. The summed E-state index contributed by atoms with van der Waals surface area (Å²) in [6.07, 6.45) is 3.46. The molecular formula is C44H62N14O4. The maximum absolute atomic E-state index is 12.9. The summed E-state index contributed by atoms with van der Waals surface area (Å²) >= 11 is 0. The average Bonchev–Trinajstić information content (AvgIpc) is 3.30. The third-order valence-electron chi connectivity index (χ3n) is 10.9. The summed E-state index contributed by atoms with van der Waals surface area (Å²) < 4.78 is 11.2. The van der Waals surface area contributed by atoms with Crippen LogP contribution in [0.2, 0.25) is 0 Å². The molecule has 62 heavy (non-hydrogen) atoms. The highest BCUT2D eigenvalue weighted by molar-refractivity contribution is 5.69. The van der Waals surface area contributed by atoms with E-state index in [9.17, 15) is 9.59 Å². The zero-order valence-corrected chi connectivity index (χ0v) is 36.7. The topological polar surface area (TPSA) is 173 Å². The van der Waals surface area contributed by atoms with Crippen LogP contribution in [-0.4, -0.2) is 149 Å². The molecule has 0 bridgehead atoms. The molecule has 332 valence electrons. The maximum Gasteiger partial charge on any atom is 0.410 e. The summed E-state index contributed by atoms with van der Waals surface area (Å²) in [7, 11) is 0. The number of benzene rings is 2. The predicted molar refractivity (Wildman–Crippen MR) is 241 cm³/mol.